The van der Waals surface area contributed by atoms with Gasteiger partial charge in [-0.3, -0.25) is 4.79 Å². The van der Waals surface area contributed by atoms with Crippen LogP contribution in [0.1, 0.15) is 10.4 Å². The quantitative estimate of drug-likeness (QED) is 0.635. The predicted molar refractivity (Wildman–Crippen MR) is 98.6 cm³/mol. The van der Waals surface area contributed by atoms with Crippen molar-refractivity contribution >= 4 is 22.9 Å². The van der Waals surface area contributed by atoms with Gasteiger partial charge in [0.15, 0.2) is 6.61 Å². The molecule has 1 heterocycles. The summed E-state index contributed by atoms with van der Waals surface area (Å²) in [5, 5.41) is 1.96. The average Bonchev–Trinajstić information content (AvgIpc) is 3.12. The molecular formula is C20H18FNO2S. The van der Waals surface area contributed by atoms with Crippen LogP contribution in [0.25, 0.3) is 0 Å². The maximum Gasteiger partial charge on any atom is 0.265 e. The number of ether oxygens (including phenoxy) is 1. The molecule has 0 saturated heterocycles. The minimum absolute atomic E-state index is 0.0772. The Morgan fingerprint density at radius 3 is 2.60 bits per heavy atom. The standard InChI is InChI=1S/C20H18FNO2S/c1-15-4-2-5-18(12-15)24-14-20(23)22(13-19-6-3-11-25-19)17-9-7-16(21)8-10-17/h2-12H,13-14H2,1H3. The largest absolute Gasteiger partial charge is 0.484 e. The third-order valence-electron chi connectivity index (χ3n) is 3.69. The van der Waals surface area contributed by atoms with Crippen LogP contribution >= 0.6 is 11.3 Å². The Hall–Kier alpha value is -2.66. The normalized spacial score (nSPS) is 10.5. The van der Waals surface area contributed by atoms with Crippen LogP contribution in [-0.4, -0.2) is 12.5 Å². The van der Waals surface area contributed by atoms with Crippen LogP contribution in [0.4, 0.5) is 10.1 Å². The van der Waals surface area contributed by atoms with Crippen molar-refractivity contribution in [2.75, 3.05) is 11.5 Å². The summed E-state index contributed by atoms with van der Waals surface area (Å²) in [5.41, 5.74) is 1.71. The molecular weight excluding hydrogens is 337 g/mol. The van der Waals surface area contributed by atoms with Crippen molar-refractivity contribution in [2.45, 2.75) is 13.5 Å². The molecule has 0 spiro atoms. The van der Waals surface area contributed by atoms with E-state index in [2.05, 4.69) is 0 Å². The van der Waals surface area contributed by atoms with Gasteiger partial charge in [0.05, 0.1) is 6.54 Å². The third kappa shape index (κ3) is 4.67. The van der Waals surface area contributed by atoms with Crippen LogP contribution in [0.5, 0.6) is 5.75 Å². The minimum Gasteiger partial charge on any atom is -0.484 e. The summed E-state index contributed by atoms with van der Waals surface area (Å²) in [6.45, 7) is 2.32. The van der Waals surface area contributed by atoms with Crippen LogP contribution in [0.3, 0.4) is 0 Å². The SMILES string of the molecule is Cc1cccc(OCC(=O)N(Cc2cccs2)c2ccc(F)cc2)c1. The predicted octanol–water partition coefficient (Wildman–Crippen LogP) is 4.81. The number of benzene rings is 2. The van der Waals surface area contributed by atoms with Gasteiger partial charge in [-0.2, -0.15) is 0 Å². The number of carbonyl (C=O) groups is 1. The lowest BCUT2D eigenvalue weighted by molar-refractivity contribution is -0.120. The van der Waals surface area contributed by atoms with Gasteiger partial charge < -0.3 is 9.64 Å². The first kappa shape index (κ1) is 17.2. The van der Waals surface area contributed by atoms with E-state index in [4.69, 9.17) is 4.74 Å². The van der Waals surface area contributed by atoms with Crippen LogP contribution in [0, 0.1) is 12.7 Å². The van der Waals surface area contributed by atoms with E-state index in [9.17, 15) is 9.18 Å². The molecule has 0 aliphatic rings. The number of anilines is 1. The van der Waals surface area contributed by atoms with Gasteiger partial charge in [-0.25, -0.2) is 4.39 Å². The van der Waals surface area contributed by atoms with E-state index in [-0.39, 0.29) is 18.3 Å². The van der Waals surface area contributed by atoms with Crippen LogP contribution < -0.4 is 9.64 Å². The summed E-state index contributed by atoms with van der Waals surface area (Å²) >= 11 is 1.57. The van der Waals surface area contributed by atoms with E-state index < -0.39 is 0 Å². The number of aryl methyl sites for hydroxylation is 1. The van der Waals surface area contributed by atoms with E-state index in [1.54, 1.807) is 28.4 Å². The Labute approximate surface area is 150 Å². The summed E-state index contributed by atoms with van der Waals surface area (Å²) in [6.07, 6.45) is 0. The third-order valence-corrected chi connectivity index (χ3v) is 4.55. The van der Waals surface area contributed by atoms with E-state index in [0.29, 0.717) is 18.0 Å². The lowest BCUT2D eigenvalue weighted by Crippen LogP contribution is -2.34. The van der Waals surface area contributed by atoms with Crippen molar-refractivity contribution in [3.8, 4) is 5.75 Å². The van der Waals surface area contributed by atoms with Gasteiger partial charge in [-0.05, 0) is 60.3 Å². The fourth-order valence-electron chi connectivity index (χ4n) is 2.43. The highest BCUT2D eigenvalue weighted by molar-refractivity contribution is 7.09. The van der Waals surface area contributed by atoms with E-state index >= 15 is 0 Å². The van der Waals surface area contributed by atoms with Crippen LogP contribution in [0.15, 0.2) is 66.0 Å². The zero-order valence-electron chi connectivity index (χ0n) is 13.8. The summed E-state index contributed by atoms with van der Waals surface area (Å²) < 4.78 is 18.8. The Morgan fingerprint density at radius 1 is 1.12 bits per heavy atom. The monoisotopic (exact) mass is 355 g/mol. The number of hydrogen-bond acceptors (Lipinski definition) is 3. The molecule has 0 bridgehead atoms. The molecule has 0 fully saturated rings. The topological polar surface area (TPSA) is 29.5 Å². The number of thiophene rings is 1. The number of halogens is 1. The molecule has 0 atom stereocenters. The minimum atomic E-state index is -0.330. The average molecular weight is 355 g/mol. The molecule has 128 valence electrons. The second kappa shape index (κ2) is 7.94. The van der Waals surface area contributed by atoms with E-state index in [0.717, 1.165) is 10.4 Å². The number of nitrogens with zero attached hydrogens (tertiary/aromatic N) is 1. The van der Waals surface area contributed by atoms with Crippen molar-refractivity contribution < 1.29 is 13.9 Å². The molecule has 0 saturated carbocycles. The van der Waals surface area contributed by atoms with Crippen LogP contribution in [0.2, 0.25) is 0 Å². The Kier molecular flexibility index (Phi) is 5.46. The smallest absolute Gasteiger partial charge is 0.265 e. The molecule has 0 unspecified atom stereocenters. The Bertz CT molecular complexity index is 831. The zero-order chi connectivity index (χ0) is 17.6. The van der Waals surface area contributed by atoms with E-state index in [1.807, 2.05) is 48.7 Å². The molecule has 0 aliphatic heterocycles. The van der Waals surface area contributed by atoms with Crippen molar-refractivity contribution in [1.29, 1.82) is 0 Å². The highest BCUT2D eigenvalue weighted by atomic mass is 32.1. The Morgan fingerprint density at radius 2 is 1.92 bits per heavy atom. The first-order valence-electron chi connectivity index (χ1n) is 7.89. The maximum absolute atomic E-state index is 13.2. The van der Waals surface area contributed by atoms with Crippen molar-refractivity contribution in [3.63, 3.8) is 0 Å². The number of carbonyl (C=O) groups excluding carboxylic acids is 1. The number of rotatable bonds is 6. The molecule has 1 amide bonds. The van der Waals surface area contributed by atoms with Crippen molar-refractivity contribution in [3.05, 3.63) is 82.3 Å². The van der Waals surface area contributed by atoms with Gasteiger partial charge >= 0.3 is 0 Å². The Balaban J connectivity index is 1.75. The highest BCUT2D eigenvalue weighted by Crippen LogP contribution is 2.21. The maximum atomic E-state index is 13.2. The fourth-order valence-corrected chi connectivity index (χ4v) is 3.12. The molecule has 1 aromatic heterocycles. The van der Waals surface area contributed by atoms with Crippen molar-refractivity contribution in [1.82, 2.24) is 0 Å². The van der Waals surface area contributed by atoms with Gasteiger partial charge in [0, 0.05) is 10.6 Å². The van der Waals surface area contributed by atoms with Gasteiger partial charge in [0.25, 0.3) is 5.91 Å². The fraction of sp³-hybridized carbons (Fsp3) is 0.150. The van der Waals surface area contributed by atoms with Gasteiger partial charge in [-0.1, -0.05) is 18.2 Å². The van der Waals surface area contributed by atoms with E-state index in [1.165, 1.54) is 12.1 Å². The molecule has 5 heteroatoms. The number of hydrogen-bond donors (Lipinski definition) is 0. The van der Waals surface area contributed by atoms with Crippen LogP contribution in [-0.2, 0) is 11.3 Å². The molecule has 0 radical (unpaired) electrons. The molecule has 3 rings (SSSR count). The van der Waals surface area contributed by atoms with Gasteiger partial charge in [0.2, 0.25) is 0 Å². The first-order valence-corrected chi connectivity index (χ1v) is 8.77. The highest BCUT2D eigenvalue weighted by Gasteiger charge is 2.17. The van der Waals surface area contributed by atoms with Gasteiger partial charge in [0.1, 0.15) is 11.6 Å². The second-order valence-corrected chi connectivity index (χ2v) is 6.67. The first-order chi connectivity index (χ1) is 12.1. The molecule has 0 N–H and O–H groups in total. The number of amides is 1. The van der Waals surface area contributed by atoms with Crippen molar-refractivity contribution in [2.24, 2.45) is 0 Å². The lowest BCUT2D eigenvalue weighted by Gasteiger charge is -2.22. The second-order valence-electron chi connectivity index (χ2n) is 5.64. The molecule has 25 heavy (non-hydrogen) atoms. The summed E-state index contributed by atoms with van der Waals surface area (Å²) in [6, 6.07) is 17.4. The zero-order valence-corrected chi connectivity index (χ0v) is 14.6. The summed E-state index contributed by atoms with van der Waals surface area (Å²) in [5.74, 6) is 0.147. The summed E-state index contributed by atoms with van der Waals surface area (Å²) in [7, 11) is 0. The molecule has 2 aromatic carbocycles. The lowest BCUT2D eigenvalue weighted by atomic mass is 10.2. The molecule has 3 aromatic rings. The van der Waals surface area contributed by atoms with Gasteiger partial charge in [-0.15, -0.1) is 11.3 Å². The molecule has 0 aliphatic carbocycles. The summed E-state index contributed by atoms with van der Waals surface area (Å²) in [4.78, 5) is 15.4. The molecule has 3 nitrogen and oxygen atoms in total.